The number of ether oxygens (including phenoxy) is 1. The van der Waals surface area contributed by atoms with Crippen molar-refractivity contribution in [2.75, 3.05) is 5.32 Å². The van der Waals surface area contributed by atoms with Crippen LogP contribution in [-0.2, 0) is 10.8 Å². The fraction of sp³-hybridized carbons (Fsp3) is 0.409. The van der Waals surface area contributed by atoms with Gasteiger partial charge in [0.1, 0.15) is 0 Å². The first kappa shape index (κ1) is 20.5. The molecule has 4 heteroatoms. The van der Waals surface area contributed by atoms with E-state index in [1.54, 1.807) is 0 Å². The van der Waals surface area contributed by atoms with Crippen LogP contribution in [-0.4, -0.2) is 6.09 Å². The van der Waals surface area contributed by atoms with E-state index in [0.29, 0.717) is 11.4 Å². The normalized spacial score (nSPS) is 12.0. The van der Waals surface area contributed by atoms with Crippen LogP contribution in [0.5, 0.6) is 5.75 Å². The van der Waals surface area contributed by atoms with Crippen LogP contribution in [0.15, 0.2) is 40.9 Å². The van der Waals surface area contributed by atoms with E-state index < -0.39 is 6.09 Å². The van der Waals surface area contributed by atoms with E-state index in [-0.39, 0.29) is 10.8 Å². The van der Waals surface area contributed by atoms with Gasteiger partial charge in [-0.2, -0.15) is 0 Å². The highest BCUT2D eigenvalue weighted by atomic mass is 79.9. The predicted octanol–water partition coefficient (Wildman–Crippen LogP) is 6.96. The van der Waals surface area contributed by atoms with Gasteiger partial charge in [0.15, 0.2) is 5.75 Å². The van der Waals surface area contributed by atoms with E-state index in [1.807, 2.05) is 30.3 Å². The number of hydrogen-bond donors (Lipinski definition) is 1. The smallest absolute Gasteiger partial charge is 0.409 e. The summed E-state index contributed by atoms with van der Waals surface area (Å²) in [6, 6.07) is 11.5. The summed E-state index contributed by atoms with van der Waals surface area (Å²) < 4.78 is 6.59. The Balaban J connectivity index is 2.47. The minimum absolute atomic E-state index is 0.00255. The van der Waals surface area contributed by atoms with Crippen molar-refractivity contribution >= 4 is 27.7 Å². The topological polar surface area (TPSA) is 38.3 Å². The van der Waals surface area contributed by atoms with E-state index in [1.165, 1.54) is 5.56 Å². The van der Waals surface area contributed by atoms with Crippen molar-refractivity contribution in [1.29, 1.82) is 0 Å². The van der Waals surface area contributed by atoms with Crippen molar-refractivity contribution in [3.05, 3.63) is 57.6 Å². The first-order chi connectivity index (χ1) is 11.9. The molecule has 3 nitrogen and oxygen atoms in total. The van der Waals surface area contributed by atoms with Gasteiger partial charge < -0.3 is 4.74 Å². The summed E-state index contributed by atoms with van der Waals surface area (Å²) in [6.45, 7) is 15.0. The lowest BCUT2D eigenvalue weighted by Crippen LogP contribution is -2.23. The number of halogens is 1. The molecule has 2 rings (SSSR count). The Bertz CT molecular complexity index is 800. The van der Waals surface area contributed by atoms with E-state index in [4.69, 9.17) is 4.74 Å². The van der Waals surface area contributed by atoms with Crippen LogP contribution in [0.25, 0.3) is 0 Å². The lowest BCUT2D eigenvalue weighted by molar-refractivity contribution is 0.214. The van der Waals surface area contributed by atoms with Crippen molar-refractivity contribution in [1.82, 2.24) is 0 Å². The highest BCUT2D eigenvalue weighted by Crippen LogP contribution is 2.43. The average Bonchev–Trinajstić information content (AvgIpc) is 2.50. The first-order valence-corrected chi connectivity index (χ1v) is 9.58. The molecule has 0 fully saturated rings. The van der Waals surface area contributed by atoms with Crippen molar-refractivity contribution in [3.8, 4) is 5.75 Å². The molecule has 1 amide bonds. The largest absolute Gasteiger partial charge is 0.417 e. The van der Waals surface area contributed by atoms with Gasteiger partial charge in [-0.1, -0.05) is 65.8 Å². The van der Waals surface area contributed by atoms with Crippen molar-refractivity contribution < 1.29 is 9.53 Å². The second-order valence-electron chi connectivity index (χ2n) is 8.62. The third-order valence-corrected chi connectivity index (χ3v) is 5.25. The monoisotopic (exact) mass is 417 g/mol. The molecular weight excluding hydrogens is 390 g/mol. The number of hydrogen-bond acceptors (Lipinski definition) is 2. The number of para-hydroxylation sites is 1. The van der Waals surface area contributed by atoms with Crippen molar-refractivity contribution in [2.24, 2.45) is 0 Å². The molecule has 140 valence electrons. The Kier molecular flexibility index (Phi) is 5.86. The van der Waals surface area contributed by atoms with Crippen LogP contribution in [0, 0.1) is 6.92 Å². The van der Waals surface area contributed by atoms with Crippen LogP contribution in [0.2, 0.25) is 0 Å². The number of anilines is 1. The van der Waals surface area contributed by atoms with Crippen molar-refractivity contribution in [3.63, 3.8) is 0 Å². The molecule has 0 aliphatic carbocycles. The van der Waals surface area contributed by atoms with Crippen LogP contribution in [0.1, 0.15) is 58.2 Å². The zero-order chi connectivity index (χ0) is 19.7. The summed E-state index contributed by atoms with van der Waals surface area (Å²) in [4.78, 5) is 12.5. The highest BCUT2D eigenvalue weighted by Gasteiger charge is 2.29. The van der Waals surface area contributed by atoms with Gasteiger partial charge in [0.25, 0.3) is 0 Å². The van der Waals surface area contributed by atoms with Gasteiger partial charge in [0.05, 0.1) is 4.47 Å². The summed E-state index contributed by atoms with van der Waals surface area (Å²) in [5.41, 5.74) is 3.87. The number of benzene rings is 2. The molecule has 0 bridgehead atoms. The lowest BCUT2D eigenvalue weighted by atomic mass is 9.78. The number of nitrogens with one attached hydrogen (secondary N) is 1. The maximum atomic E-state index is 12.5. The fourth-order valence-electron chi connectivity index (χ4n) is 2.92. The molecule has 0 radical (unpaired) electrons. The molecule has 0 saturated heterocycles. The molecule has 0 atom stereocenters. The maximum absolute atomic E-state index is 12.5. The summed E-state index contributed by atoms with van der Waals surface area (Å²) in [7, 11) is 0. The van der Waals surface area contributed by atoms with Crippen molar-refractivity contribution in [2.45, 2.75) is 59.3 Å². The summed E-state index contributed by atoms with van der Waals surface area (Å²) in [5.74, 6) is 0.580. The molecule has 2 aromatic rings. The summed E-state index contributed by atoms with van der Waals surface area (Å²) in [6.07, 6.45) is -0.495. The molecule has 2 aromatic carbocycles. The van der Waals surface area contributed by atoms with Gasteiger partial charge >= 0.3 is 6.09 Å². The Labute approximate surface area is 165 Å². The number of carbonyl (C=O) groups is 1. The lowest BCUT2D eigenvalue weighted by Gasteiger charge is -2.30. The van der Waals surface area contributed by atoms with E-state index in [0.717, 1.165) is 15.6 Å². The van der Waals surface area contributed by atoms with E-state index in [2.05, 4.69) is 75.8 Å². The SMILES string of the molecule is Cc1c(C(C)(C)C)cc(C(C)(C)C)c(OC(=O)Nc2ccccc2)c1Br. The molecule has 0 aliphatic rings. The van der Waals surface area contributed by atoms with Gasteiger partial charge in [0, 0.05) is 11.3 Å². The second-order valence-corrected chi connectivity index (χ2v) is 9.41. The minimum atomic E-state index is -0.495. The average molecular weight is 418 g/mol. The third kappa shape index (κ3) is 4.67. The van der Waals surface area contributed by atoms with Gasteiger partial charge in [-0.25, -0.2) is 4.79 Å². The van der Waals surface area contributed by atoms with Gasteiger partial charge in [-0.3, -0.25) is 5.32 Å². The van der Waals surface area contributed by atoms with Crippen LogP contribution in [0.3, 0.4) is 0 Å². The zero-order valence-electron chi connectivity index (χ0n) is 16.7. The minimum Gasteiger partial charge on any atom is -0.409 e. The molecule has 0 saturated carbocycles. The molecule has 26 heavy (non-hydrogen) atoms. The quantitative estimate of drug-likeness (QED) is 0.572. The number of rotatable bonds is 2. The van der Waals surface area contributed by atoms with E-state index in [9.17, 15) is 4.79 Å². The van der Waals surface area contributed by atoms with Gasteiger partial charge in [0.2, 0.25) is 0 Å². The number of carbonyl (C=O) groups excluding carboxylic acids is 1. The summed E-state index contributed by atoms with van der Waals surface area (Å²) in [5, 5.41) is 2.78. The van der Waals surface area contributed by atoms with Gasteiger partial charge in [-0.05, 0) is 56.9 Å². The third-order valence-electron chi connectivity index (χ3n) is 4.30. The Hall–Kier alpha value is -1.81. The van der Waals surface area contributed by atoms with Crippen LogP contribution < -0.4 is 10.1 Å². The van der Waals surface area contributed by atoms with Crippen LogP contribution in [0.4, 0.5) is 10.5 Å². The zero-order valence-corrected chi connectivity index (χ0v) is 18.2. The number of amides is 1. The molecule has 0 heterocycles. The predicted molar refractivity (Wildman–Crippen MR) is 112 cm³/mol. The molecule has 0 aromatic heterocycles. The van der Waals surface area contributed by atoms with Crippen LogP contribution >= 0.6 is 15.9 Å². The summed E-state index contributed by atoms with van der Waals surface area (Å²) >= 11 is 3.68. The second kappa shape index (κ2) is 7.43. The maximum Gasteiger partial charge on any atom is 0.417 e. The van der Waals surface area contributed by atoms with E-state index >= 15 is 0 Å². The Morgan fingerprint density at radius 2 is 1.50 bits per heavy atom. The molecule has 0 spiro atoms. The Morgan fingerprint density at radius 1 is 0.962 bits per heavy atom. The molecule has 1 N–H and O–H groups in total. The Morgan fingerprint density at radius 3 is 2.00 bits per heavy atom. The fourth-order valence-corrected chi connectivity index (χ4v) is 3.43. The standard InChI is InChI=1S/C22H28BrNO2/c1-14-16(21(2,3)4)13-17(22(5,6)7)19(18(14)23)26-20(25)24-15-11-9-8-10-12-15/h8-13H,1-7H3,(H,24,25). The van der Waals surface area contributed by atoms with Gasteiger partial charge in [-0.15, -0.1) is 0 Å². The molecular formula is C22H28BrNO2. The highest BCUT2D eigenvalue weighted by molar-refractivity contribution is 9.10. The molecule has 0 unspecified atom stereocenters. The first-order valence-electron chi connectivity index (χ1n) is 8.79. The molecule has 0 aliphatic heterocycles.